The third-order valence-corrected chi connectivity index (χ3v) is 3.77. The molecule has 0 aliphatic carbocycles. The normalized spacial score (nSPS) is 15.0. The molecule has 1 aromatic rings. The zero-order valence-corrected chi connectivity index (χ0v) is 15.0. The smallest absolute Gasteiger partial charge is 0.338 e. The van der Waals surface area contributed by atoms with Crippen molar-refractivity contribution < 1.29 is 28.5 Å². The second-order valence-electron chi connectivity index (χ2n) is 5.53. The SMILES string of the molecule is CCOC(=O)c1ccc(OCCOC)c(OCCN2CCOCC2)c1. The summed E-state index contributed by atoms with van der Waals surface area (Å²) in [5.41, 5.74) is 0.447. The first-order chi connectivity index (χ1) is 12.2. The summed E-state index contributed by atoms with van der Waals surface area (Å²) in [6, 6.07) is 5.07. The van der Waals surface area contributed by atoms with Crippen LogP contribution >= 0.6 is 0 Å². The van der Waals surface area contributed by atoms with Crippen molar-refractivity contribution in [3.63, 3.8) is 0 Å². The summed E-state index contributed by atoms with van der Waals surface area (Å²) < 4.78 is 26.9. The van der Waals surface area contributed by atoms with Crippen LogP contribution in [0.1, 0.15) is 17.3 Å². The van der Waals surface area contributed by atoms with Gasteiger partial charge in [-0.3, -0.25) is 4.90 Å². The number of nitrogens with zero attached hydrogens (tertiary/aromatic N) is 1. The molecule has 1 aliphatic rings. The highest BCUT2D eigenvalue weighted by Gasteiger charge is 2.14. The number of morpholine rings is 1. The number of carbonyl (C=O) groups excluding carboxylic acids is 1. The molecule has 1 aromatic carbocycles. The number of benzene rings is 1. The Kier molecular flexibility index (Phi) is 8.51. The van der Waals surface area contributed by atoms with Crippen LogP contribution in [0.4, 0.5) is 0 Å². The van der Waals surface area contributed by atoms with Crippen molar-refractivity contribution >= 4 is 5.97 Å². The van der Waals surface area contributed by atoms with Crippen LogP contribution in [0.15, 0.2) is 18.2 Å². The molecule has 1 aliphatic heterocycles. The number of hydrogen-bond donors (Lipinski definition) is 0. The molecule has 0 bridgehead atoms. The quantitative estimate of drug-likeness (QED) is 0.467. The van der Waals surface area contributed by atoms with E-state index in [9.17, 15) is 4.79 Å². The van der Waals surface area contributed by atoms with Gasteiger partial charge in [0.1, 0.15) is 13.2 Å². The molecule has 0 unspecified atom stereocenters. The average molecular weight is 353 g/mol. The van der Waals surface area contributed by atoms with E-state index in [2.05, 4.69) is 4.90 Å². The molecule has 0 aromatic heterocycles. The first kappa shape index (κ1) is 19.5. The molecule has 0 N–H and O–H groups in total. The van der Waals surface area contributed by atoms with Gasteiger partial charge in [0.15, 0.2) is 11.5 Å². The molecule has 2 rings (SSSR count). The zero-order valence-electron chi connectivity index (χ0n) is 15.0. The maximum absolute atomic E-state index is 11.9. The van der Waals surface area contributed by atoms with Crippen LogP contribution in [-0.2, 0) is 14.2 Å². The van der Waals surface area contributed by atoms with Crippen molar-refractivity contribution in [2.24, 2.45) is 0 Å². The van der Waals surface area contributed by atoms with Gasteiger partial charge in [-0.15, -0.1) is 0 Å². The lowest BCUT2D eigenvalue weighted by Gasteiger charge is -2.26. The fourth-order valence-corrected chi connectivity index (χ4v) is 2.43. The first-order valence-corrected chi connectivity index (χ1v) is 8.60. The number of rotatable bonds is 10. The molecule has 1 heterocycles. The van der Waals surface area contributed by atoms with Crippen LogP contribution in [0.25, 0.3) is 0 Å². The minimum absolute atomic E-state index is 0.331. The maximum atomic E-state index is 11.9. The second-order valence-corrected chi connectivity index (χ2v) is 5.53. The fraction of sp³-hybridized carbons (Fsp3) is 0.611. The Hall–Kier alpha value is -1.83. The van der Waals surface area contributed by atoms with Gasteiger partial charge in [0.2, 0.25) is 0 Å². The highest BCUT2D eigenvalue weighted by Crippen LogP contribution is 2.29. The van der Waals surface area contributed by atoms with E-state index in [-0.39, 0.29) is 5.97 Å². The van der Waals surface area contributed by atoms with E-state index in [1.165, 1.54) is 0 Å². The average Bonchev–Trinajstić information content (AvgIpc) is 2.64. The highest BCUT2D eigenvalue weighted by atomic mass is 16.5. The van der Waals surface area contributed by atoms with Crippen molar-refractivity contribution in [2.45, 2.75) is 6.92 Å². The first-order valence-electron chi connectivity index (χ1n) is 8.60. The van der Waals surface area contributed by atoms with E-state index >= 15 is 0 Å². The van der Waals surface area contributed by atoms with E-state index in [1.807, 2.05) is 0 Å². The monoisotopic (exact) mass is 353 g/mol. The predicted molar refractivity (Wildman–Crippen MR) is 92.5 cm³/mol. The van der Waals surface area contributed by atoms with Gasteiger partial charge in [0.05, 0.1) is 32.0 Å². The van der Waals surface area contributed by atoms with Crippen molar-refractivity contribution in [1.82, 2.24) is 4.90 Å². The van der Waals surface area contributed by atoms with E-state index in [4.69, 9.17) is 23.7 Å². The third-order valence-electron chi connectivity index (χ3n) is 3.77. The van der Waals surface area contributed by atoms with Gasteiger partial charge < -0.3 is 23.7 Å². The summed E-state index contributed by atoms with van der Waals surface area (Å²) in [6.45, 7) is 7.62. The number of ether oxygens (including phenoxy) is 5. The van der Waals surface area contributed by atoms with Crippen molar-refractivity contribution in [2.75, 3.05) is 66.4 Å². The molecule has 0 amide bonds. The van der Waals surface area contributed by atoms with E-state index < -0.39 is 0 Å². The molecule has 0 radical (unpaired) electrons. The molecule has 0 saturated carbocycles. The van der Waals surface area contributed by atoms with Crippen molar-refractivity contribution in [3.8, 4) is 11.5 Å². The van der Waals surface area contributed by atoms with Crippen molar-refractivity contribution in [1.29, 1.82) is 0 Å². The van der Waals surface area contributed by atoms with E-state index in [0.717, 1.165) is 32.8 Å². The fourth-order valence-electron chi connectivity index (χ4n) is 2.43. The Morgan fingerprint density at radius 3 is 2.60 bits per heavy atom. The third kappa shape index (κ3) is 6.53. The lowest BCUT2D eigenvalue weighted by atomic mass is 10.2. The molecule has 7 heteroatoms. The summed E-state index contributed by atoms with van der Waals surface area (Å²) in [6.07, 6.45) is 0. The molecular weight excluding hydrogens is 326 g/mol. The van der Waals surface area contributed by atoms with Crippen LogP contribution in [0, 0.1) is 0 Å². The van der Waals surface area contributed by atoms with Gasteiger partial charge in [0.25, 0.3) is 0 Å². The maximum Gasteiger partial charge on any atom is 0.338 e. The van der Waals surface area contributed by atoms with Gasteiger partial charge >= 0.3 is 5.97 Å². The molecule has 1 saturated heterocycles. The molecule has 25 heavy (non-hydrogen) atoms. The lowest BCUT2D eigenvalue weighted by molar-refractivity contribution is 0.0319. The summed E-state index contributed by atoms with van der Waals surface area (Å²) in [7, 11) is 1.62. The summed E-state index contributed by atoms with van der Waals surface area (Å²) >= 11 is 0. The van der Waals surface area contributed by atoms with E-state index in [1.54, 1.807) is 32.2 Å². The highest BCUT2D eigenvalue weighted by molar-refractivity contribution is 5.90. The van der Waals surface area contributed by atoms with Gasteiger partial charge in [-0.05, 0) is 25.1 Å². The standard InChI is InChI=1S/C18H27NO6/c1-3-23-18(20)15-4-5-16(25-13-12-21-2)17(14-15)24-11-8-19-6-9-22-10-7-19/h4-5,14H,3,6-13H2,1-2H3. The lowest BCUT2D eigenvalue weighted by Crippen LogP contribution is -2.38. The molecular formula is C18H27NO6. The second kappa shape index (κ2) is 10.9. The molecule has 1 fully saturated rings. The Bertz CT molecular complexity index is 530. The van der Waals surface area contributed by atoms with Crippen LogP contribution in [0.5, 0.6) is 11.5 Å². The summed E-state index contributed by atoms with van der Waals surface area (Å²) in [5.74, 6) is 0.756. The van der Waals surface area contributed by atoms with Crippen LogP contribution in [-0.4, -0.2) is 77.3 Å². The van der Waals surface area contributed by atoms with Gasteiger partial charge in [-0.2, -0.15) is 0 Å². The Morgan fingerprint density at radius 1 is 1.12 bits per heavy atom. The Morgan fingerprint density at radius 2 is 1.88 bits per heavy atom. The molecule has 0 spiro atoms. The number of esters is 1. The number of carbonyl (C=O) groups is 1. The van der Waals surface area contributed by atoms with Gasteiger partial charge in [-0.1, -0.05) is 0 Å². The van der Waals surface area contributed by atoms with Gasteiger partial charge in [-0.25, -0.2) is 4.79 Å². The van der Waals surface area contributed by atoms with E-state index in [0.29, 0.717) is 43.5 Å². The van der Waals surface area contributed by atoms with Crippen LogP contribution < -0.4 is 9.47 Å². The number of methoxy groups -OCH3 is 1. The van der Waals surface area contributed by atoms with Crippen LogP contribution in [0.2, 0.25) is 0 Å². The Labute approximate surface area is 148 Å². The zero-order chi connectivity index (χ0) is 17.9. The van der Waals surface area contributed by atoms with Gasteiger partial charge in [0, 0.05) is 26.7 Å². The topological polar surface area (TPSA) is 66.5 Å². The molecule has 7 nitrogen and oxygen atoms in total. The minimum Gasteiger partial charge on any atom is -0.488 e. The largest absolute Gasteiger partial charge is 0.488 e. The molecule has 140 valence electrons. The van der Waals surface area contributed by atoms with Crippen LogP contribution in [0.3, 0.4) is 0 Å². The molecule has 0 atom stereocenters. The minimum atomic E-state index is -0.371. The summed E-state index contributed by atoms with van der Waals surface area (Å²) in [5, 5.41) is 0. The predicted octanol–water partition coefficient (Wildman–Crippen LogP) is 1.60. The number of hydrogen-bond acceptors (Lipinski definition) is 7. The Balaban J connectivity index is 1.98. The van der Waals surface area contributed by atoms with Crippen molar-refractivity contribution in [3.05, 3.63) is 23.8 Å². The summed E-state index contributed by atoms with van der Waals surface area (Å²) in [4.78, 5) is 14.2.